The van der Waals surface area contributed by atoms with Crippen molar-refractivity contribution < 1.29 is 9.53 Å². The molecule has 1 amide bonds. The molecule has 1 aromatic carbocycles. The van der Waals surface area contributed by atoms with Crippen molar-refractivity contribution in [2.24, 2.45) is 0 Å². The monoisotopic (exact) mass is 229 g/mol. The summed E-state index contributed by atoms with van der Waals surface area (Å²) < 4.78 is 6.80. The summed E-state index contributed by atoms with van der Waals surface area (Å²) in [6, 6.07) is 5.43. The highest BCUT2D eigenvalue weighted by atomic mass is 16.5. The van der Waals surface area contributed by atoms with E-state index in [1.54, 1.807) is 12.4 Å². The lowest BCUT2D eigenvalue weighted by atomic mass is 10.1. The predicted molar refractivity (Wildman–Crippen MR) is 62.3 cm³/mol. The van der Waals surface area contributed by atoms with Crippen LogP contribution in [0.1, 0.15) is 5.56 Å². The van der Waals surface area contributed by atoms with Crippen LogP contribution < -0.4 is 10.1 Å². The quantitative estimate of drug-likeness (QED) is 0.812. The average molecular weight is 229 g/mol. The van der Waals surface area contributed by atoms with E-state index in [2.05, 4.69) is 10.3 Å². The molecule has 5 heteroatoms. The van der Waals surface area contributed by atoms with E-state index < -0.39 is 0 Å². The summed E-state index contributed by atoms with van der Waals surface area (Å²) in [4.78, 5) is 15.6. The zero-order chi connectivity index (χ0) is 11.7. The molecule has 17 heavy (non-hydrogen) atoms. The molecule has 1 aliphatic heterocycles. The highest BCUT2D eigenvalue weighted by molar-refractivity contribution is 5.91. The summed E-state index contributed by atoms with van der Waals surface area (Å²) in [6.45, 7) is 0.717. The van der Waals surface area contributed by atoms with Crippen LogP contribution in [0, 0.1) is 0 Å². The molecular weight excluding hydrogens is 218 g/mol. The molecule has 2 aromatic rings. The van der Waals surface area contributed by atoms with E-state index in [1.807, 2.05) is 18.2 Å². The Morgan fingerprint density at radius 1 is 1.47 bits per heavy atom. The number of anilines is 1. The lowest BCUT2D eigenvalue weighted by molar-refractivity contribution is 0.253. The second-order valence-electron chi connectivity index (χ2n) is 3.82. The number of imidazole rings is 1. The molecule has 0 saturated carbocycles. The lowest BCUT2D eigenvalue weighted by Gasteiger charge is -2.06. The largest absolute Gasteiger partial charge is 0.493 e. The van der Waals surface area contributed by atoms with E-state index in [0.717, 1.165) is 23.4 Å². The number of amides is 1. The highest BCUT2D eigenvalue weighted by Gasteiger charge is 2.13. The Balaban J connectivity index is 1.80. The van der Waals surface area contributed by atoms with Gasteiger partial charge in [-0.3, -0.25) is 4.57 Å². The molecule has 0 aliphatic carbocycles. The predicted octanol–water partition coefficient (Wildman–Crippen LogP) is 1.90. The van der Waals surface area contributed by atoms with Crippen molar-refractivity contribution >= 4 is 11.7 Å². The molecule has 1 N–H and O–H groups in total. The molecule has 2 heterocycles. The molecule has 0 spiro atoms. The van der Waals surface area contributed by atoms with Crippen LogP contribution in [-0.4, -0.2) is 22.2 Å². The number of nitrogens with one attached hydrogen (secondary N) is 1. The third-order valence-electron chi connectivity index (χ3n) is 2.68. The van der Waals surface area contributed by atoms with E-state index in [-0.39, 0.29) is 6.03 Å². The van der Waals surface area contributed by atoms with Gasteiger partial charge in [0.1, 0.15) is 12.1 Å². The lowest BCUT2D eigenvalue weighted by Crippen LogP contribution is -2.17. The number of rotatable bonds is 1. The van der Waals surface area contributed by atoms with Crippen LogP contribution in [0.4, 0.5) is 10.5 Å². The summed E-state index contributed by atoms with van der Waals surface area (Å²) in [5.74, 6) is 0.908. The van der Waals surface area contributed by atoms with Gasteiger partial charge >= 0.3 is 6.03 Å². The van der Waals surface area contributed by atoms with Crippen molar-refractivity contribution in [3.05, 3.63) is 42.5 Å². The van der Waals surface area contributed by atoms with Gasteiger partial charge in [-0.2, -0.15) is 0 Å². The molecule has 0 unspecified atom stereocenters. The smallest absolute Gasteiger partial charge is 0.331 e. The number of aromatic nitrogens is 2. The second-order valence-corrected chi connectivity index (χ2v) is 3.82. The van der Waals surface area contributed by atoms with Crippen LogP contribution in [0.25, 0.3) is 0 Å². The third kappa shape index (κ3) is 1.87. The maximum Gasteiger partial charge on any atom is 0.331 e. The standard InChI is InChI=1S/C12H11N3O2/c16-12(15-5-4-13-8-15)14-10-1-2-11-9(7-10)3-6-17-11/h1-2,4-5,7-8H,3,6H2,(H,14,16). The van der Waals surface area contributed by atoms with Crippen LogP contribution in [-0.2, 0) is 6.42 Å². The Kier molecular flexibility index (Phi) is 2.29. The maximum atomic E-state index is 11.8. The van der Waals surface area contributed by atoms with Gasteiger partial charge in [-0.15, -0.1) is 0 Å². The van der Waals surface area contributed by atoms with Gasteiger partial charge in [0.25, 0.3) is 0 Å². The van der Waals surface area contributed by atoms with Crippen molar-refractivity contribution in [2.75, 3.05) is 11.9 Å². The molecule has 1 aromatic heterocycles. The summed E-state index contributed by atoms with van der Waals surface area (Å²) in [5.41, 5.74) is 1.90. The second kappa shape index (κ2) is 3.93. The first kappa shape index (κ1) is 9.89. The summed E-state index contributed by atoms with van der Waals surface area (Å²) in [6.07, 6.45) is 5.53. The number of nitrogens with zero attached hydrogens (tertiary/aromatic N) is 2. The zero-order valence-electron chi connectivity index (χ0n) is 9.09. The van der Waals surface area contributed by atoms with Gasteiger partial charge in [-0.25, -0.2) is 9.78 Å². The Morgan fingerprint density at radius 3 is 3.24 bits per heavy atom. The fourth-order valence-electron chi connectivity index (χ4n) is 1.83. The summed E-state index contributed by atoms with van der Waals surface area (Å²) >= 11 is 0. The van der Waals surface area contributed by atoms with Crippen LogP contribution in [0.15, 0.2) is 36.9 Å². The number of carbonyl (C=O) groups is 1. The number of fused-ring (bicyclic) bond motifs is 1. The van der Waals surface area contributed by atoms with Gasteiger partial charge in [-0.1, -0.05) is 0 Å². The Hall–Kier alpha value is -2.30. The van der Waals surface area contributed by atoms with Crippen molar-refractivity contribution in [3.63, 3.8) is 0 Å². The maximum absolute atomic E-state index is 11.8. The number of ether oxygens (including phenoxy) is 1. The first-order valence-electron chi connectivity index (χ1n) is 5.38. The molecular formula is C12H11N3O2. The van der Waals surface area contributed by atoms with E-state index >= 15 is 0 Å². The van der Waals surface area contributed by atoms with Crippen LogP contribution in [0.2, 0.25) is 0 Å². The minimum atomic E-state index is -0.221. The Bertz CT molecular complexity index is 549. The Labute approximate surface area is 98.0 Å². The minimum absolute atomic E-state index is 0.221. The van der Waals surface area contributed by atoms with Gasteiger partial charge in [0.05, 0.1) is 6.61 Å². The van der Waals surface area contributed by atoms with Crippen LogP contribution in [0.3, 0.4) is 0 Å². The van der Waals surface area contributed by atoms with Gasteiger partial charge in [0, 0.05) is 24.5 Å². The fraction of sp³-hybridized carbons (Fsp3) is 0.167. The zero-order valence-corrected chi connectivity index (χ0v) is 9.09. The number of carbonyl (C=O) groups excluding carboxylic acids is 1. The normalized spacial score (nSPS) is 12.9. The number of hydrogen-bond acceptors (Lipinski definition) is 3. The van der Waals surface area contributed by atoms with Crippen molar-refractivity contribution in [1.29, 1.82) is 0 Å². The van der Waals surface area contributed by atoms with Gasteiger partial charge < -0.3 is 10.1 Å². The average Bonchev–Trinajstić information content (AvgIpc) is 2.99. The number of hydrogen-bond donors (Lipinski definition) is 1. The van der Waals surface area contributed by atoms with Gasteiger partial charge in [0.2, 0.25) is 0 Å². The molecule has 0 radical (unpaired) electrons. The van der Waals surface area contributed by atoms with Gasteiger partial charge in [-0.05, 0) is 23.8 Å². The van der Waals surface area contributed by atoms with Crippen LogP contribution in [0.5, 0.6) is 5.75 Å². The van der Waals surface area contributed by atoms with E-state index in [0.29, 0.717) is 6.61 Å². The van der Waals surface area contributed by atoms with E-state index in [1.165, 1.54) is 10.9 Å². The molecule has 0 bridgehead atoms. The molecule has 0 fully saturated rings. The minimum Gasteiger partial charge on any atom is -0.493 e. The third-order valence-corrected chi connectivity index (χ3v) is 2.68. The van der Waals surface area contributed by atoms with Crippen molar-refractivity contribution in [1.82, 2.24) is 9.55 Å². The molecule has 0 atom stereocenters. The molecule has 1 aliphatic rings. The molecule has 3 rings (SSSR count). The first-order chi connectivity index (χ1) is 8.33. The van der Waals surface area contributed by atoms with Crippen molar-refractivity contribution in [3.8, 4) is 5.75 Å². The SMILES string of the molecule is O=C(Nc1ccc2c(c1)CCO2)n1ccnc1. The highest BCUT2D eigenvalue weighted by Crippen LogP contribution is 2.27. The van der Waals surface area contributed by atoms with Crippen molar-refractivity contribution in [2.45, 2.75) is 6.42 Å². The summed E-state index contributed by atoms with van der Waals surface area (Å²) in [5, 5.41) is 2.80. The molecule has 5 nitrogen and oxygen atoms in total. The van der Waals surface area contributed by atoms with E-state index in [9.17, 15) is 4.79 Å². The Morgan fingerprint density at radius 2 is 2.41 bits per heavy atom. The summed E-state index contributed by atoms with van der Waals surface area (Å²) in [7, 11) is 0. The van der Waals surface area contributed by atoms with E-state index in [4.69, 9.17) is 4.74 Å². The molecule has 0 saturated heterocycles. The first-order valence-corrected chi connectivity index (χ1v) is 5.38. The number of benzene rings is 1. The molecule has 86 valence electrons. The van der Waals surface area contributed by atoms with Gasteiger partial charge in [0.15, 0.2) is 0 Å². The topological polar surface area (TPSA) is 56.1 Å². The fourth-order valence-corrected chi connectivity index (χ4v) is 1.83. The van der Waals surface area contributed by atoms with Crippen LogP contribution >= 0.6 is 0 Å².